The topological polar surface area (TPSA) is 0 Å². The molecule has 1 aromatic carbocycles. The first-order valence-electron chi connectivity index (χ1n) is 8.84. The van der Waals surface area contributed by atoms with E-state index in [4.69, 9.17) is 0 Å². The molecule has 1 aromatic rings. The monoisotopic (exact) mass is 286 g/mol. The number of hydrogen-bond donors (Lipinski definition) is 0. The van der Waals surface area contributed by atoms with Gasteiger partial charge in [-0.2, -0.15) is 0 Å². The van der Waals surface area contributed by atoms with E-state index in [0.29, 0.717) is 0 Å². The summed E-state index contributed by atoms with van der Waals surface area (Å²) in [7, 11) is 0. The highest BCUT2D eigenvalue weighted by molar-refractivity contribution is 5.26. The quantitative estimate of drug-likeness (QED) is 0.307. The second-order valence-electron chi connectivity index (χ2n) is 6.69. The highest BCUT2D eigenvalue weighted by Crippen LogP contribution is 2.21. The van der Waals surface area contributed by atoms with Crippen molar-refractivity contribution in [3.63, 3.8) is 0 Å². The van der Waals surface area contributed by atoms with Gasteiger partial charge in [-0.05, 0) is 43.2 Å². The fraction of sp³-hybridized carbons (Fsp3) is 0.619. The van der Waals surface area contributed by atoms with Crippen molar-refractivity contribution in [2.24, 2.45) is 5.92 Å². The fourth-order valence-electron chi connectivity index (χ4n) is 3.00. The first kappa shape index (κ1) is 18.0. The van der Waals surface area contributed by atoms with Gasteiger partial charge in [0.1, 0.15) is 0 Å². The van der Waals surface area contributed by atoms with Gasteiger partial charge in [-0.15, -0.1) is 0 Å². The van der Waals surface area contributed by atoms with Gasteiger partial charge in [-0.25, -0.2) is 0 Å². The first-order chi connectivity index (χ1) is 10.1. The molecule has 0 spiro atoms. The molecule has 0 fully saturated rings. The van der Waals surface area contributed by atoms with Gasteiger partial charge in [0, 0.05) is 0 Å². The van der Waals surface area contributed by atoms with Crippen molar-refractivity contribution in [1.82, 2.24) is 0 Å². The highest BCUT2D eigenvalue weighted by Gasteiger charge is 2.06. The third-order valence-electron chi connectivity index (χ3n) is 4.45. The number of unbranched alkanes of at least 4 members (excludes halogenated alkanes) is 4. The van der Waals surface area contributed by atoms with Gasteiger partial charge in [0.05, 0.1) is 0 Å². The molecule has 0 amide bonds. The van der Waals surface area contributed by atoms with E-state index in [1.165, 1.54) is 61.6 Å². The van der Waals surface area contributed by atoms with Crippen LogP contribution in [0.1, 0.15) is 76.3 Å². The van der Waals surface area contributed by atoms with Gasteiger partial charge in [0.25, 0.3) is 0 Å². The van der Waals surface area contributed by atoms with Crippen LogP contribution in [0.3, 0.4) is 0 Å². The Morgan fingerprint density at radius 1 is 1.10 bits per heavy atom. The summed E-state index contributed by atoms with van der Waals surface area (Å²) in [6.07, 6.45) is 11.8. The Bertz CT molecular complexity index is 402. The number of hydrogen-bond acceptors (Lipinski definition) is 0. The van der Waals surface area contributed by atoms with Crippen molar-refractivity contribution >= 4 is 0 Å². The van der Waals surface area contributed by atoms with Crippen LogP contribution < -0.4 is 0 Å². The average molecular weight is 287 g/mol. The molecule has 118 valence electrons. The summed E-state index contributed by atoms with van der Waals surface area (Å²) in [6, 6.07) is 8.72. The summed E-state index contributed by atoms with van der Waals surface area (Å²) in [6.45, 7) is 11.2. The molecule has 0 aliphatic rings. The standard InChI is InChI=1S/C21H34/c1-5-6-7-8-9-12-18(2)17-19(3)15-16-21-14-11-10-13-20(21)4/h10-11,13-14,18H,3,5-9,12,15-17H2,1-2,4H3. The summed E-state index contributed by atoms with van der Waals surface area (Å²) >= 11 is 0. The lowest BCUT2D eigenvalue weighted by molar-refractivity contribution is 0.478. The molecule has 0 heterocycles. The van der Waals surface area contributed by atoms with Gasteiger partial charge in [-0.1, -0.05) is 88.8 Å². The van der Waals surface area contributed by atoms with E-state index in [1.807, 2.05) is 0 Å². The average Bonchev–Trinajstić information content (AvgIpc) is 2.46. The summed E-state index contributed by atoms with van der Waals surface area (Å²) in [5.74, 6) is 0.802. The zero-order valence-corrected chi connectivity index (χ0v) is 14.5. The van der Waals surface area contributed by atoms with Crippen LogP contribution in [0, 0.1) is 12.8 Å². The summed E-state index contributed by atoms with van der Waals surface area (Å²) in [5.41, 5.74) is 4.32. The fourth-order valence-corrected chi connectivity index (χ4v) is 3.00. The Kier molecular flexibility index (Phi) is 9.14. The molecule has 1 rings (SSSR count). The van der Waals surface area contributed by atoms with Crippen LogP contribution in [0.4, 0.5) is 0 Å². The zero-order chi connectivity index (χ0) is 15.5. The van der Waals surface area contributed by atoms with Crippen LogP contribution in [0.2, 0.25) is 0 Å². The van der Waals surface area contributed by atoms with Crippen LogP contribution in [0.5, 0.6) is 0 Å². The van der Waals surface area contributed by atoms with Crippen molar-refractivity contribution < 1.29 is 0 Å². The van der Waals surface area contributed by atoms with Crippen LogP contribution in [0.25, 0.3) is 0 Å². The lowest BCUT2D eigenvalue weighted by atomic mass is 9.92. The van der Waals surface area contributed by atoms with E-state index >= 15 is 0 Å². The maximum absolute atomic E-state index is 4.30. The van der Waals surface area contributed by atoms with Crippen molar-refractivity contribution in [3.05, 3.63) is 47.5 Å². The Morgan fingerprint density at radius 3 is 2.52 bits per heavy atom. The molecule has 21 heavy (non-hydrogen) atoms. The van der Waals surface area contributed by atoms with Crippen molar-refractivity contribution in [2.45, 2.75) is 78.6 Å². The second kappa shape index (κ2) is 10.7. The molecule has 0 saturated carbocycles. The SMILES string of the molecule is C=C(CCc1ccccc1C)CC(C)CCCCCCC. The van der Waals surface area contributed by atoms with E-state index in [9.17, 15) is 0 Å². The molecule has 0 aliphatic carbocycles. The minimum absolute atomic E-state index is 0.802. The van der Waals surface area contributed by atoms with Gasteiger partial charge in [-0.3, -0.25) is 0 Å². The Morgan fingerprint density at radius 2 is 1.81 bits per heavy atom. The maximum atomic E-state index is 4.30. The molecule has 0 heteroatoms. The lowest BCUT2D eigenvalue weighted by Crippen LogP contribution is -1.99. The van der Waals surface area contributed by atoms with Crippen molar-refractivity contribution in [2.75, 3.05) is 0 Å². The Labute approximate surface area is 132 Å². The third-order valence-corrected chi connectivity index (χ3v) is 4.45. The summed E-state index contributed by atoms with van der Waals surface area (Å²) in [5, 5.41) is 0. The smallest absolute Gasteiger partial charge is 0.0239 e. The van der Waals surface area contributed by atoms with Crippen LogP contribution in [0.15, 0.2) is 36.4 Å². The molecule has 0 nitrogen and oxygen atoms in total. The minimum Gasteiger partial charge on any atom is -0.0998 e. The zero-order valence-electron chi connectivity index (χ0n) is 14.5. The van der Waals surface area contributed by atoms with E-state index in [2.05, 4.69) is 51.6 Å². The van der Waals surface area contributed by atoms with Crippen LogP contribution >= 0.6 is 0 Å². The van der Waals surface area contributed by atoms with E-state index < -0.39 is 0 Å². The minimum atomic E-state index is 0.802. The second-order valence-corrected chi connectivity index (χ2v) is 6.69. The number of aryl methyl sites for hydroxylation is 2. The van der Waals surface area contributed by atoms with E-state index in [0.717, 1.165) is 18.8 Å². The Balaban J connectivity index is 2.16. The van der Waals surface area contributed by atoms with E-state index in [-0.39, 0.29) is 0 Å². The lowest BCUT2D eigenvalue weighted by Gasteiger charge is -2.14. The number of rotatable bonds is 11. The molecule has 0 aromatic heterocycles. The molecule has 1 atom stereocenters. The molecule has 0 N–H and O–H groups in total. The first-order valence-corrected chi connectivity index (χ1v) is 8.84. The predicted molar refractivity (Wildman–Crippen MR) is 95.8 cm³/mol. The molecule has 0 aliphatic heterocycles. The van der Waals surface area contributed by atoms with Gasteiger partial charge in [0.2, 0.25) is 0 Å². The molecule has 1 unspecified atom stereocenters. The number of benzene rings is 1. The molecule has 0 bridgehead atoms. The maximum Gasteiger partial charge on any atom is -0.0239 e. The highest BCUT2D eigenvalue weighted by atomic mass is 14.1. The molecule has 0 saturated heterocycles. The largest absolute Gasteiger partial charge is 0.0998 e. The number of allylic oxidation sites excluding steroid dienone is 1. The van der Waals surface area contributed by atoms with Gasteiger partial charge in [0.15, 0.2) is 0 Å². The normalized spacial score (nSPS) is 12.3. The summed E-state index contributed by atoms with van der Waals surface area (Å²) in [4.78, 5) is 0. The van der Waals surface area contributed by atoms with Crippen molar-refractivity contribution in [3.8, 4) is 0 Å². The van der Waals surface area contributed by atoms with Crippen LogP contribution in [-0.2, 0) is 6.42 Å². The van der Waals surface area contributed by atoms with Gasteiger partial charge >= 0.3 is 0 Å². The summed E-state index contributed by atoms with van der Waals surface area (Å²) < 4.78 is 0. The van der Waals surface area contributed by atoms with Crippen molar-refractivity contribution in [1.29, 1.82) is 0 Å². The molecular weight excluding hydrogens is 252 g/mol. The Hall–Kier alpha value is -1.04. The van der Waals surface area contributed by atoms with Gasteiger partial charge < -0.3 is 0 Å². The van der Waals surface area contributed by atoms with E-state index in [1.54, 1.807) is 0 Å². The third kappa shape index (κ3) is 8.09. The molecular formula is C21H34. The predicted octanol–water partition coefficient (Wildman–Crippen LogP) is 6.87. The van der Waals surface area contributed by atoms with Crippen LogP contribution in [-0.4, -0.2) is 0 Å². The molecule has 0 radical (unpaired) electrons.